The number of aliphatic hydroxyl groups excluding tert-OH is 1. The topological polar surface area (TPSA) is 87.7 Å². The van der Waals surface area contributed by atoms with Gasteiger partial charge in [0, 0.05) is 24.4 Å². The molecule has 1 aliphatic rings. The Labute approximate surface area is 156 Å². The van der Waals surface area contributed by atoms with Crippen LogP contribution in [0.5, 0.6) is 0 Å². The van der Waals surface area contributed by atoms with E-state index in [1.165, 1.54) is 24.3 Å². The number of benzene rings is 2. The third-order valence-electron chi connectivity index (χ3n) is 4.33. The van der Waals surface area contributed by atoms with Crippen molar-refractivity contribution in [3.8, 4) is 0 Å². The Morgan fingerprint density at radius 2 is 2.00 bits per heavy atom. The molecule has 6 nitrogen and oxygen atoms in total. The molecule has 3 N–H and O–H groups in total. The zero-order valence-corrected chi connectivity index (χ0v) is 14.7. The van der Waals surface area contributed by atoms with E-state index >= 15 is 0 Å². The summed E-state index contributed by atoms with van der Waals surface area (Å²) < 4.78 is 18.3. The molecule has 2 aromatic carbocycles. The number of aliphatic hydroxyl groups is 1. The van der Waals surface area contributed by atoms with Crippen LogP contribution in [0.1, 0.15) is 34.9 Å². The first-order valence-electron chi connectivity index (χ1n) is 8.77. The molecule has 3 rings (SSSR count). The predicted molar refractivity (Wildman–Crippen MR) is 97.7 cm³/mol. The third-order valence-corrected chi connectivity index (χ3v) is 4.33. The first-order valence-corrected chi connectivity index (χ1v) is 8.77. The van der Waals surface area contributed by atoms with E-state index in [1.54, 1.807) is 24.3 Å². The molecule has 27 heavy (non-hydrogen) atoms. The molecule has 1 aliphatic heterocycles. The first-order chi connectivity index (χ1) is 13.0. The monoisotopic (exact) mass is 372 g/mol. The van der Waals surface area contributed by atoms with Crippen LogP contribution in [0.2, 0.25) is 0 Å². The molecule has 2 aromatic rings. The van der Waals surface area contributed by atoms with Crippen molar-refractivity contribution in [3.05, 3.63) is 65.5 Å². The van der Waals surface area contributed by atoms with Crippen LogP contribution >= 0.6 is 0 Å². The molecule has 1 saturated heterocycles. The largest absolute Gasteiger partial charge is 0.387 e. The molecular formula is C20H21FN2O4. The number of carbonyl (C=O) groups is 2. The number of amides is 2. The lowest BCUT2D eigenvalue weighted by atomic mass is 10.1. The van der Waals surface area contributed by atoms with Gasteiger partial charge in [0.05, 0.1) is 6.10 Å². The highest BCUT2D eigenvalue weighted by molar-refractivity contribution is 5.98. The second-order valence-electron chi connectivity index (χ2n) is 6.35. The number of hydrogen-bond acceptors (Lipinski definition) is 4. The minimum atomic E-state index is -0.947. The minimum absolute atomic E-state index is 0.0169. The van der Waals surface area contributed by atoms with E-state index in [0.717, 1.165) is 6.42 Å². The number of ether oxygens (including phenoxy) is 1. The summed E-state index contributed by atoms with van der Waals surface area (Å²) in [6.07, 6.45) is 0.148. The van der Waals surface area contributed by atoms with Gasteiger partial charge < -0.3 is 20.5 Å². The van der Waals surface area contributed by atoms with Crippen LogP contribution < -0.4 is 10.6 Å². The minimum Gasteiger partial charge on any atom is -0.387 e. The van der Waals surface area contributed by atoms with Gasteiger partial charge in [0.25, 0.3) is 11.8 Å². The van der Waals surface area contributed by atoms with Gasteiger partial charge >= 0.3 is 0 Å². The number of carbonyl (C=O) groups excluding carboxylic acids is 2. The first kappa shape index (κ1) is 19.0. The average Bonchev–Trinajstić information content (AvgIpc) is 3.21. The summed E-state index contributed by atoms with van der Waals surface area (Å²) in [6, 6.07) is 12.0. The summed E-state index contributed by atoms with van der Waals surface area (Å²) in [5, 5.41) is 15.5. The lowest BCUT2D eigenvalue weighted by molar-refractivity contribution is -0.124. The van der Waals surface area contributed by atoms with Crippen LogP contribution in [0.15, 0.2) is 48.5 Å². The zero-order chi connectivity index (χ0) is 19.2. The molecule has 7 heteroatoms. The lowest BCUT2D eigenvalue weighted by Crippen LogP contribution is -2.29. The van der Waals surface area contributed by atoms with Crippen LogP contribution in [-0.2, 0) is 9.53 Å². The fourth-order valence-electron chi connectivity index (χ4n) is 2.84. The van der Waals surface area contributed by atoms with Gasteiger partial charge in [-0.15, -0.1) is 0 Å². The van der Waals surface area contributed by atoms with Gasteiger partial charge in [-0.1, -0.05) is 18.2 Å². The highest BCUT2D eigenvalue weighted by Gasteiger charge is 2.23. The molecule has 2 amide bonds. The van der Waals surface area contributed by atoms with Gasteiger partial charge in [-0.2, -0.15) is 0 Å². The maximum absolute atomic E-state index is 12.9. The van der Waals surface area contributed by atoms with E-state index in [1.807, 2.05) is 0 Å². The predicted octanol–water partition coefficient (Wildman–Crippen LogP) is 2.41. The number of nitrogens with one attached hydrogen (secondary N) is 2. The molecule has 2 unspecified atom stereocenters. The quantitative estimate of drug-likeness (QED) is 0.727. The van der Waals surface area contributed by atoms with E-state index in [-0.39, 0.29) is 18.4 Å². The molecule has 0 spiro atoms. The number of anilines is 1. The van der Waals surface area contributed by atoms with E-state index in [4.69, 9.17) is 4.74 Å². The van der Waals surface area contributed by atoms with Gasteiger partial charge in [-0.25, -0.2) is 4.39 Å². The van der Waals surface area contributed by atoms with Crippen LogP contribution in [-0.4, -0.2) is 36.2 Å². The average molecular weight is 372 g/mol. The Morgan fingerprint density at radius 1 is 1.22 bits per heavy atom. The SMILES string of the molecule is O=C(NCC(O)c1ccc(F)cc1)c1cccc(NC(=O)C2CCCO2)c1. The van der Waals surface area contributed by atoms with Gasteiger partial charge in [0.1, 0.15) is 11.9 Å². The van der Waals surface area contributed by atoms with Crippen molar-refractivity contribution in [1.82, 2.24) is 5.32 Å². The van der Waals surface area contributed by atoms with Crippen molar-refractivity contribution in [2.45, 2.75) is 25.0 Å². The molecule has 0 aromatic heterocycles. The van der Waals surface area contributed by atoms with Crippen LogP contribution in [0.25, 0.3) is 0 Å². The standard InChI is InChI=1S/C20H21FN2O4/c21-15-8-6-13(7-9-15)17(24)12-22-19(25)14-3-1-4-16(11-14)23-20(26)18-5-2-10-27-18/h1,3-4,6-9,11,17-18,24H,2,5,10,12H2,(H,22,25)(H,23,26). The third kappa shape index (κ3) is 5.12. The highest BCUT2D eigenvalue weighted by atomic mass is 19.1. The lowest BCUT2D eigenvalue weighted by Gasteiger charge is -2.13. The second-order valence-corrected chi connectivity index (χ2v) is 6.35. The van der Waals surface area contributed by atoms with Gasteiger partial charge in [0.15, 0.2) is 0 Å². The molecule has 2 atom stereocenters. The van der Waals surface area contributed by atoms with E-state index in [2.05, 4.69) is 10.6 Å². The van der Waals surface area contributed by atoms with Crippen molar-refractivity contribution >= 4 is 17.5 Å². The Morgan fingerprint density at radius 3 is 2.70 bits per heavy atom. The summed E-state index contributed by atoms with van der Waals surface area (Å²) in [6.45, 7) is 0.563. The van der Waals surface area contributed by atoms with Crippen molar-refractivity contribution in [2.75, 3.05) is 18.5 Å². The number of hydrogen-bond donors (Lipinski definition) is 3. The second kappa shape index (κ2) is 8.75. The molecular weight excluding hydrogens is 351 g/mol. The van der Waals surface area contributed by atoms with Crippen molar-refractivity contribution < 1.29 is 23.8 Å². The summed E-state index contributed by atoms with van der Waals surface area (Å²) in [5.41, 5.74) is 1.36. The summed E-state index contributed by atoms with van der Waals surface area (Å²) >= 11 is 0. The van der Waals surface area contributed by atoms with Gasteiger partial charge in [0.2, 0.25) is 0 Å². The van der Waals surface area contributed by atoms with E-state index < -0.39 is 18.0 Å². The van der Waals surface area contributed by atoms with Crippen molar-refractivity contribution in [1.29, 1.82) is 0 Å². The van der Waals surface area contributed by atoms with Gasteiger partial charge in [-0.3, -0.25) is 9.59 Å². The molecule has 0 bridgehead atoms. The Kier molecular flexibility index (Phi) is 6.16. The van der Waals surface area contributed by atoms with E-state index in [0.29, 0.717) is 29.8 Å². The maximum atomic E-state index is 12.9. The molecule has 142 valence electrons. The van der Waals surface area contributed by atoms with Crippen LogP contribution in [0.4, 0.5) is 10.1 Å². The van der Waals surface area contributed by atoms with Crippen molar-refractivity contribution in [3.63, 3.8) is 0 Å². The molecule has 0 aliphatic carbocycles. The smallest absolute Gasteiger partial charge is 0.253 e. The van der Waals surface area contributed by atoms with Gasteiger partial charge in [-0.05, 0) is 48.7 Å². The Balaban J connectivity index is 1.56. The van der Waals surface area contributed by atoms with Crippen LogP contribution in [0.3, 0.4) is 0 Å². The summed E-state index contributed by atoms with van der Waals surface area (Å²) in [4.78, 5) is 24.4. The highest BCUT2D eigenvalue weighted by Crippen LogP contribution is 2.17. The molecule has 0 saturated carbocycles. The number of halogens is 1. The molecule has 1 heterocycles. The Bertz CT molecular complexity index is 804. The number of rotatable bonds is 6. The Hall–Kier alpha value is -2.77. The normalized spacial score (nSPS) is 17.3. The summed E-state index contributed by atoms with van der Waals surface area (Å²) in [7, 11) is 0. The fourth-order valence-corrected chi connectivity index (χ4v) is 2.84. The van der Waals surface area contributed by atoms with Crippen molar-refractivity contribution in [2.24, 2.45) is 0 Å². The van der Waals surface area contributed by atoms with E-state index in [9.17, 15) is 19.1 Å². The molecule has 0 radical (unpaired) electrons. The zero-order valence-electron chi connectivity index (χ0n) is 14.7. The summed E-state index contributed by atoms with van der Waals surface area (Å²) in [5.74, 6) is -1.00. The maximum Gasteiger partial charge on any atom is 0.253 e. The fraction of sp³-hybridized carbons (Fsp3) is 0.300. The molecule has 1 fully saturated rings. The van der Waals surface area contributed by atoms with Crippen LogP contribution in [0, 0.1) is 5.82 Å².